The first-order chi connectivity index (χ1) is 11.9. The molecule has 0 N–H and O–H groups in total. The van der Waals surface area contributed by atoms with Gasteiger partial charge in [0.15, 0.2) is 6.04 Å². The molecule has 0 aliphatic carbocycles. The van der Waals surface area contributed by atoms with Crippen LogP contribution in [-0.2, 0) is 14.3 Å². The van der Waals surface area contributed by atoms with Crippen LogP contribution in [-0.4, -0.2) is 71.8 Å². The maximum Gasteiger partial charge on any atom is 0.410 e. The van der Waals surface area contributed by atoms with Crippen LogP contribution in [0.15, 0.2) is 4.52 Å². The molecule has 9 nitrogen and oxygen atoms in total. The Balaban J connectivity index is 1.66. The molecule has 2 saturated heterocycles. The maximum atomic E-state index is 12.7. The molecular weight excluding hydrogens is 330 g/mol. The van der Waals surface area contributed by atoms with Crippen LogP contribution in [0.5, 0.6) is 0 Å². The summed E-state index contributed by atoms with van der Waals surface area (Å²) in [5.74, 6) is -0.109. The number of carbonyl (C=O) groups is 3. The van der Waals surface area contributed by atoms with Crippen LogP contribution in [0.4, 0.5) is 4.79 Å². The lowest BCUT2D eigenvalue weighted by Crippen LogP contribution is -2.52. The van der Waals surface area contributed by atoms with E-state index in [0.29, 0.717) is 42.9 Å². The van der Waals surface area contributed by atoms with E-state index in [1.54, 1.807) is 18.7 Å². The highest BCUT2D eigenvalue weighted by Gasteiger charge is 2.44. The third-order valence-electron chi connectivity index (χ3n) is 4.78. The quantitative estimate of drug-likeness (QED) is 0.745. The number of esters is 1. The smallest absolute Gasteiger partial charge is 0.410 e. The second-order valence-electron chi connectivity index (χ2n) is 6.25. The molecule has 1 aromatic rings. The van der Waals surface area contributed by atoms with E-state index in [2.05, 4.69) is 5.16 Å². The van der Waals surface area contributed by atoms with Gasteiger partial charge in [-0.3, -0.25) is 9.69 Å². The van der Waals surface area contributed by atoms with Gasteiger partial charge in [-0.2, -0.15) is 0 Å². The number of nitrogens with zero attached hydrogens (tertiary/aromatic N) is 3. The fourth-order valence-corrected chi connectivity index (χ4v) is 3.45. The van der Waals surface area contributed by atoms with Gasteiger partial charge in [0.2, 0.25) is 0 Å². The van der Waals surface area contributed by atoms with E-state index in [9.17, 15) is 14.4 Å². The summed E-state index contributed by atoms with van der Waals surface area (Å²) in [7, 11) is 1.29. The second kappa shape index (κ2) is 6.73. The highest BCUT2D eigenvalue weighted by molar-refractivity contribution is 5.96. The van der Waals surface area contributed by atoms with Crippen LogP contribution in [0.2, 0.25) is 0 Å². The molecule has 0 unspecified atom stereocenters. The van der Waals surface area contributed by atoms with Gasteiger partial charge in [-0.25, -0.2) is 9.59 Å². The van der Waals surface area contributed by atoms with Crippen molar-refractivity contribution in [1.82, 2.24) is 15.0 Å². The number of amides is 2. The summed E-state index contributed by atoms with van der Waals surface area (Å²) in [6.07, 6.45) is 0.626. The van der Waals surface area contributed by atoms with Crippen molar-refractivity contribution in [3.8, 4) is 0 Å². The van der Waals surface area contributed by atoms with E-state index in [1.807, 2.05) is 0 Å². The molecule has 0 spiro atoms. The summed E-state index contributed by atoms with van der Waals surface area (Å²) in [6, 6.07) is -0.875. The van der Waals surface area contributed by atoms with Gasteiger partial charge in [0, 0.05) is 19.1 Å². The average molecular weight is 351 g/mol. The van der Waals surface area contributed by atoms with Crippen LogP contribution in [0.1, 0.15) is 34.7 Å². The molecule has 1 atom stereocenters. The lowest BCUT2D eigenvalue weighted by Gasteiger charge is -2.37. The van der Waals surface area contributed by atoms with Gasteiger partial charge in [0.25, 0.3) is 5.91 Å². The van der Waals surface area contributed by atoms with Gasteiger partial charge in [-0.15, -0.1) is 0 Å². The number of carbonyl (C=O) groups excluding carboxylic acids is 3. The molecule has 2 aliphatic heterocycles. The van der Waals surface area contributed by atoms with E-state index in [-0.39, 0.29) is 18.6 Å². The van der Waals surface area contributed by atoms with Crippen LogP contribution in [0.3, 0.4) is 0 Å². The van der Waals surface area contributed by atoms with Crippen molar-refractivity contribution in [3.63, 3.8) is 0 Å². The lowest BCUT2D eigenvalue weighted by molar-refractivity contribution is -0.145. The highest BCUT2D eigenvalue weighted by atomic mass is 16.6. The first-order valence-electron chi connectivity index (χ1n) is 8.19. The molecule has 25 heavy (non-hydrogen) atoms. The third-order valence-corrected chi connectivity index (χ3v) is 4.78. The minimum Gasteiger partial charge on any atom is -0.467 e. The molecule has 0 bridgehead atoms. The Bertz CT molecular complexity index is 673. The number of likely N-dealkylation sites (tertiary alicyclic amines) is 1. The maximum absolute atomic E-state index is 12.7. The molecule has 3 heterocycles. The first kappa shape index (κ1) is 17.2. The van der Waals surface area contributed by atoms with Crippen LogP contribution in [0, 0.1) is 13.8 Å². The van der Waals surface area contributed by atoms with Gasteiger partial charge in [-0.1, -0.05) is 5.16 Å². The van der Waals surface area contributed by atoms with Gasteiger partial charge < -0.3 is 18.9 Å². The lowest BCUT2D eigenvalue weighted by atomic mass is 10.0. The van der Waals surface area contributed by atoms with Crippen LogP contribution < -0.4 is 0 Å². The van der Waals surface area contributed by atoms with Crippen molar-refractivity contribution in [1.29, 1.82) is 0 Å². The third kappa shape index (κ3) is 3.06. The molecule has 136 valence electrons. The number of aromatic nitrogens is 1. The van der Waals surface area contributed by atoms with Crippen molar-refractivity contribution < 1.29 is 28.4 Å². The molecule has 1 aromatic heterocycles. The van der Waals surface area contributed by atoms with Crippen LogP contribution >= 0.6 is 0 Å². The Morgan fingerprint density at radius 1 is 1.24 bits per heavy atom. The molecule has 2 fully saturated rings. The van der Waals surface area contributed by atoms with Crippen molar-refractivity contribution >= 4 is 18.0 Å². The zero-order valence-corrected chi connectivity index (χ0v) is 14.5. The largest absolute Gasteiger partial charge is 0.467 e. The Morgan fingerprint density at radius 3 is 2.48 bits per heavy atom. The van der Waals surface area contributed by atoms with E-state index < -0.39 is 18.1 Å². The van der Waals surface area contributed by atoms with E-state index >= 15 is 0 Å². The number of piperidine rings is 1. The van der Waals surface area contributed by atoms with Crippen molar-refractivity contribution in [2.75, 3.05) is 26.8 Å². The summed E-state index contributed by atoms with van der Waals surface area (Å²) in [5, 5.41) is 3.82. The summed E-state index contributed by atoms with van der Waals surface area (Å²) in [6.45, 7) is 4.40. The normalized spacial score (nSPS) is 21.4. The number of hydrogen-bond acceptors (Lipinski definition) is 7. The molecular formula is C16H21N3O6. The molecule has 9 heteroatoms. The van der Waals surface area contributed by atoms with E-state index in [1.165, 1.54) is 12.0 Å². The van der Waals surface area contributed by atoms with Gasteiger partial charge in [0.05, 0.1) is 12.8 Å². The zero-order chi connectivity index (χ0) is 18.1. The molecule has 0 saturated carbocycles. The monoisotopic (exact) mass is 351 g/mol. The molecule has 2 amide bonds. The molecule has 0 radical (unpaired) electrons. The molecule has 2 aliphatic rings. The Labute approximate surface area is 144 Å². The number of aryl methyl sites for hydroxylation is 2. The van der Waals surface area contributed by atoms with E-state index in [4.69, 9.17) is 14.0 Å². The van der Waals surface area contributed by atoms with Gasteiger partial charge >= 0.3 is 12.1 Å². The van der Waals surface area contributed by atoms with E-state index in [0.717, 1.165) is 0 Å². The summed E-state index contributed by atoms with van der Waals surface area (Å²) < 4.78 is 14.8. The van der Waals surface area contributed by atoms with Gasteiger partial charge in [0.1, 0.15) is 17.9 Å². The molecule has 3 rings (SSSR count). The Morgan fingerprint density at radius 2 is 1.92 bits per heavy atom. The fraction of sp³-hybridized carbons (Fsp3) is 0.625. The predicted octanol–water partition coefficient (Wildman–Crippen LogP) is 0.890. The molecule has 0 aromatic carbocycles. The summed E-state index contributed by atoms with van der Waals surface area (Å²) in [5.41, 5.74) is 1.06. The number of methoxy groups -OCH3 is 1. The summed E-state index contributed by atoms with van der Waals surface area (Å²) in [4.78, 5) is 39.7. The van der Waals surface area contributed by atoms with Crippen molar-refractivity contribution in [3.05, 3.63) is 17.0 Å². The van der Waals surface area contributed by atoms with Crippen molar-refractivity contribution in [2.24, 2.45) is 0 Å². The standard InChI is InChI=1S/C16H21N3O6/c1-9-13(10(2)25-17-9)14(20)18-6-4-11(5-7-18)19-12(15(21)23-3)8-24-16(19)22/h11-12H,4-8H2,1-3H3/t12-/m0/s1. The topological polar surface area (TPSA) is 102 Å². The van der Waals surface area contributed by atoms with Crippen molar-refractivity contribution in [2.45, 2.75) is 38.8 Å². The summed E-state index contributed by atoms with van der Waals surface area (Å²) >= 11 is 0. The van der Waals surface area contributed by atoms with Gasteiger partial charge in [-0.05, 0) is 26.7 Å². The SMILES string of the molecule is COC(=O)[C@@H]1COC(=O)N1C1CCN(C(=O)c2c(C)noc2C)CC1. The average Bonchev–Trinajstić information content (AvgIpc) is 3.16. The highest BCUT2D eigenvalue weighted by Crippen LogP contribution is 2.26. The number of cyclic esters (lactones) is 1. The number of hydrogen-bond donors (Lipinski definition) is 0. The minimum atomic E-state index is -0.715. The Kier molecular flexibility index (Phi) is 4.65. The second-order valence-corrected chi connectivity index (χ2v) is 6.25. The van der Waals surface area contributed by atoms with Crippen LogP contribution in [0.25, 0.3) is 0 Å². The fourth-order valence-electron chi connectivity index (χ4n) is 3.45. The number of ether oxygens (including phenoxy) is 2. The first-order valence-corrected chi connectivity index (χ1v) is 8.19. The minimum absolute atomic E-state index is 0.00370. The predicted molar refractivity (Wildman–Crippen MR) is 83.9 cm³/mol. The zero-order valence-electron chi connectivity index (χ0n) is 14.5. The number of rotatable bonds is 3. The Hall–Kier alpha value is -2.58.